The van der Waals surface area contributed by atoms with Crippen LogP contribution in [0.3, 0.4) is 0 Å². The number of carbonyl (C=O) groups excluding carboxylic acids is 1. The second kappa shape index (κ2) is 8.56. The summed E-state index contributed by atoms with van der Waals surface area (Å²) < 4.78 is 5.32. The molecule has 26 heavy (non-hydrogen) atoms. The zero-order valence-electron chi connectivity index (χ0n) is 15.3. The van der Waals surface area contributed by atoms with Crippen LogP contribution in [0.25, 0.3) is 0 Å². The number of piperidine rings is 1. The molecule has 1 saturated heterocycles. The van der Waals surface area contributed by atoms with Gasteiger partial charge in [-0.1, -0.05) is 41.4 Å². The first-order valence-electron chi connectivity index (χ1n) is 8.97. The summed E-state index contributed by atoms with van der Waals surface area (Å²) in [6, 6.07) is 13.8. The van der Waals surface area contributed by atoms with Crippen LogP contribution in [-0.2, 0) is 11.3 Å². The molecule has 2 aromatic carbocycles. The highest BCUT2D eigenvalue weighted by Gasteiger charge is 2.26. The standard InChI is InChI=1S/C21H25ClN2O2/c1-15-5-3-6-16(11-15)13-24-10-4-7-17(14-24)21(25)23-19-12-18(22)8-9-20(19)26-2/h3,5-6,8-9,11-12,17H,4,7,10,13-14H2,1-2H3,(H,23,25). The van der Waals surface area contributed by atoms with Crippen molar-refractivity contribution in [2.24, 2.45) is 5.92 Å². The minimum atomic E-state index is -0.0303. The molecular formula is C21H25ClN2O2. The zero-order chi connectivity index (χ0) is 18.5. The molecule has 1 aliphatic rings. The predicted octanol–water partition coefficient (Wildman–Crippen LogP) is 4.51. The molecule has 4 nitrogen and oxygen atoms in total. The van der Waals surface area contributed by atoms with Gasteiger partial charge in [-0.25, -0.2) is 0 Å². The van der Waals surface area contributed by atoms with Crippen molar-refractivity contribution in [1.29, 1.82) is 0 Å². The van der Waals surface area contributed by atoms with E-state index in [4.69, 9.17) is 16.3 Å². The number of nitrogens with zero attached hydrogens (tertiary/aromatic N) is 1. The first kappa shape index (κ1) is 18.7. The number of hydrogen-bond acceptors (Lipinski definition) is 3. The molecule has 1 unspecified atom stereocenters. The number of halogens is 1. The van der Waals surface area contributed by atoms with Gasteiger partial charge in [0.15, 0.2) is 0 Å². The van der Waals surface area contributed by atoms with Crippen LogP contribution in [-0.4, -0.2) is 31.0 Å². The van der Waals surface area contributed by atoms with E-state index in [0.29, 0.717) is 16.5 Å². The van der Waals surface area contributed by atoms with Crippen molar-refractivity contribution in [2.45, 2.75) is 26.3 Å². The third-order valence-electron chi connectivity index (χ3n) is 4.78. The molecule has 1 fully saturated rings. The Morgan fingerprint density at radius 2 is 2.15 bits per heavy atom. The van der Waals surface area contributed by atoms with Gasteiger partial charge < -0.3 is 10.1 Å². The highest BCUT2D eigenvalue weighted by molar-refractivity contribution is 6.31. The molecule has 1 aliphatic heterocycles. The van der Waals surface area contributed by atoms with Crippen molar-refractivity contribution in [3.63, 3.8) is 0 Å². The Morgan fingerprint density at radius 3 is 2.92 bits per heavy atom. The average molecular weight is 373 g/mol. The lowest BCUT2D eigenvalue weighted by atomic mass is 9.96. The number of amides is 1. The number of ether oxygens (including phenoxy) is 1. The highest BCUT2D eigenvalue weighted by atomic mass is 35.5. The van der Waals surface area contributed by atoms with Gasteiger partial charge in [0, 0.05) is 18.1 Å². The molecule has 0 saturated carbocycles. The van der Waals surface area contributed by atoms with Crippen LogP contribution in [0.5, 0.6) is 5.75 Å². The molecule has 0 spiro atoms. The summed E-state index contributed by atoms with van der Waals surface area (Å²) >= 11 is 6.05. The van der Waals surface area contributed by atoms with Crippen LogP contribution < -0.4 is 10.1 Å². The van der Waals surface area contributed by atoms with Crippen LogP contribution in [0.1, 0.15) is 24.0 Å². The summed E-state index contributed by atoms with van der Waals surface area (Å²) in [6.07, 6.45) is 1.93. The smallest absolute Gasteiger partial charge is 0.228 e. The van der Waals surface area contributed by atoms with Gasteiger partial charge in [-0.2, -0.15) is 0 Å². The van der Waals surface area contributed by atoms with E-state index < -0.39 is 0 Å². The van der Waals surface area contributed by atoms with Gasteiger partial charge in [0.2, 0.25) is 5.91 Å². The van der Waals surface area contributed by atoms with Gasteiger partial charge in [0.05, 0.1) is 18.7 Å². The van der Waals surface area contributed by atoms with E-state index >= 15 is 0 Å². The summed E-state index contributed by atoms with van der Waals surface area (Å²) in [7, 11) is 1.59. The van der Waals surface area contributed by atoms with Gasteiger partial charge in [-0.05, 0) is 50.1 Å². The Labute approximate surface area is 160 Å². The Bertz CT molecular complexity index is 778. The minimum absolute atomic E-state index is 0.0273. The monoisotopic (exact) mass is 372 g/mol. The number of likely N-dealkylation sites (tertiary alicyclic amines) is 1. The van der Waals surface area contributed by atoms with Gasteiger partial charge in [-0.15, -0.1) is 0 Å². The van der Waals surface area contributed by atoms with Gasteiger partial charge in [-0.3, -0.25) is 9.69 Å². The first-order valence-corrected chi connectivity index (χ1v) is 9.35. The third kappa shape index (κ3) is 4.77. The molecule has 0 aromatic heterocycles. The second-order valence-corrected chi connectivity index (χ2v) is 7.33. The molecule has 0 bridgehead atoms. The third-order valence-corrected chi connectivity index (χ3v) is 5.02. The van der Waals surface area contributed by atoms with Gasteiger partial charge in [0.1, 0.15) is 5.75 Å². The van der Waals surface area contributed by atoms with Crippen LogP contribution >= 0.6 is 11.6 Å². The summed E-state index contributed by atoms with van der Waals surface area (Å²) in [6.45, 7) is 4.78. The lowest BCUT2D eigenvalue weighted by Gasteiger charge is -2.32. The zero-order valence-corrected chi connectivity index (χ0v) is 16.1. The summed E-state index contributed by atoms with van der Waals surface area (Å²) in [5, 5.41) is 3.57. The van der Waals surface area contributed by atoms with E-state index in [2.05, 4.69) is 41.4 Å². The SMILES string of the molecule is COc1ccc(Cl)cc1NC(=O)C1CCCN(Cc2cccc(C)c2)C1. The predicted molar refractivity (Wildman–Crippen MR) is 106 cm³/mol. The normalized spacial score (nSPS) is 17.7. The molecule has 1 atom stereocenters. The minimum Gasteiger partial charge on any atom is -0.495 e. The molecule has 0 radical (unpaired) electrons. The molecule has 138 valence electrons. The van der Waals surface area contributed by atoms with E-state index in [1.54, 1.807) is 25.3 Å². The second-order valence-electron chi connectivity index (χ2n) is 6.90. The van der Waals surface area contributed by atoms with E-state index in [1.165, 1.54) is 11.1 Å². The van der Waals surface area contributed by atoms with Crippen LogP contribution in [0.4, 0.5) is 5.69 Å². The van der Waals surface area contributed by atoms with Crippen molar-refractivity contribution in [3.05, 3.63) is 58.6 Å². The van der Waals surface area contributed by atoms with E-state index in [1.807, 2.05) is 0 Å². The topological polar surface area (TPSA) is 41.6 Å². The van der Waals surface area contributed by atoms with E-state index in [0.717, 1.165) is 32.5 Å². The maximum Gasteiger partial charge on any atom is 0.228 e. The van der Waals surface area contributed by atoms with Gasteiger partial charge >= 0.3 is 0 Å². The Hall–Kier alpha value is -2.04. The molecule has 1 N–H and O–H groups in total. The van der Waals surface area contributed by atoms with Gasteiger partial charge in [0.25, 0.3) is 0 Å². The summed E-state index contributed by atoms with van der Waals surface area (Å²) in [5.41, 5.74) is 3.19. The number of rotatable bonds is 5. The Balaban J connectivity index is 1.64. The molecule has 1 amide bonds. The maximum atomic E-state index is 12.8. The quantitative estimate of drug-likeness (QED) is 0.839. The Morgan fingerprint density at radius 1 is 1.31 bits per heavy atom. The lowest BCUT2D eigenvalue weighted by Crippen LogP contribution is -2.40. The first-order chi connectivity index (χ1) is 12.5. The number of methoxy groups -OCH3 is 1. The van der Waals surface area contributed by atoms with Crippen molar-refractivity contribution in [1.82, 2.24) is 4.90 Å². The Kier molecular flexibility index (Phi) is 6.17. The molecule has 0 aliphatic carbocycles. The van der Waals surface area contributed by atoms with E-state index in [9.17, 15) is 4.79 Å². The van der Waals surface area contributed by atoms with Crippen LogP contribution in [0, 0.1) is 12.8 Å². The van der Waals surface area contributed by atoms with Crippen molar-refractivity contribution < 1.29 is 9.53 Å². The number of anilines is 1. The molecule has 5 heteroatoms. The number of aryl methyl sites for hydroxylation is 1. The summed E-state index contributed by atoms with van der Waals surface area (Å²) in [4.78, 5) is 15.1. The number of nitrogens with one attached hydrogen (secondary N) is 1. The molecular weight excluding hydrogens is 348 g/mol. The van der Waals surface area contributed by atoms with Crippen molar-refractivity contribution >= 4 is 23.2 Å². The fourth-order valence-electron chi connectivity index (χ4n) is 3.49. The van der Waals surface area contributed by atoms with Crippen molar-refractivity contribution in [2.75, 3.05) is 25.5 Å². The maximum absolute atomic E-state index is 12.8. The number of hydrogen-bond donors (Lipinski definition) is 1. The average Bonchev–Trinajstić information content (AvgIpc) is 2.62. The largest absolute Gasteiger partial charge is 0.495 e. The lowest BCUT2D eigenvalue weighted by molar-refractivity contribution is -0.121. The molecule has 1 heterocycles. The molecule has 3 rings (SSSR count). The molecule has 2 aromatic rings. The van der Waals surface area contributed by atoms with E-state index in [-0.39, 0.29) is 11.8 Å². The fourth-order valence-corrected chi connectivity index (χ4v) is 3.67. The fraction of sp³-hybridized carbons (Fsp3) is 0.381. The summed E-state index contributed by atoms with van der Waals surface area (Å²) in [5.74, 6) is 0.618. The van der Waals surface area contributed by atoms with Crippen LogP contribution in [0.2, 0.25) is 5.02 Å². The van der Waals surface area contributed by atoms with Crippen molar-refractivity contribution in [3.8, 4) is 5.75 Å². The van der Waals surface area contributed by atoms with Crippen LogP contribution in [0.15, 0.2) is 42.5 Å². The number of benzene rings is 2. The number of carbonyl (C=O) groups is 1. The highest BCUT2D eigenvalue weighted by Crippen LogP contribution is 2.29.